The van der Waals surface area contributed by atoms with Crippen LogP contribution in [0.2, 0.25) is 5.02 Å². The fraction of sp³-hybridized carbons (Fsp3) is 0.417. The van der Waals surface area contributed by atoms with E-state index in [1.165, 1.54) is 22.5 Å². The first-order chi connectivity index (χ1) is 16.7. The minimum Gasteiger partial charge on any atom is -0.497 e. The highest BCUT2D eigenvalue weighted by atomic mass is 35.5. The lowest BCUT2D eigenvalue weighted by molar-refractivity contribution is -0.119. The monoisotopic (exact) mass is 522 g/mol. The predicted octanol–water partition coefficient (Wildman–Crippen LogP) is 3.42. The van der Waals surface area contributed by atoms with Crippen LogP contribution in [0.1, 0.15) is 26.2 Å². The van der Waals surface area contributed by atoms with Gasteiger partial charge in [0.2, 0.25) is 21.8 Å². The summed E-state index contributed by atoms with van der Waals surface area (Å²) in [6.07, 6.45) is 2.67. The Morgan fingerprint density at radius 3 is 2.23 bits per heavy atom. The van der Waals surface area contributed by atoms with Gasteiger partial charge in [-0.1, -0.05) is 24.9 Å². The molecular weight excluding hydrogens is 492 g/mol. The van der Waals surface area contributed by atoms with E-state index in [-0.39, 0.29) is 34.6 Å². The normalized spacial score (nSPS) is 14.5. The largest absolute Gasteiger partial charge is 0.497 e. The smallest absolute Gasteiger partial charge is 0.243 e. The zero-order valence-corrected chi connectivity index (χ0v) is 21.5. The molecule has 0 aromatic heterocycles. The highest BCUT2D eigenvalue weighted by Crippen LogP contribution is 2.28. The third-order valence-corrected chi connectivity index (χ3v) is 7.94. The zero-order chi connectivity index (χ0) is 25.4. The lowest BCUT2D eigenvalue weighted by Gasteiger charge is -2.26. The van der Waals surface area contributed by atoms with Crippen molar-refractivity contribution in [3.63, 3.8) is 0 Å². The second-order valence-electron chi connectivity index (χ2n) is 8.23. The summed E-state index contributed by atoms with van der Waals surface area (Å²) in [5, 5.41) is 5.70. The van der Waals surface area contributed by atoms with Crippen molar-refractivity contribution < 1.29 is 22.7 Å². The number of hydrogen-bond donors (Lipinski definition) is 2. The van der Waals surface area contributed by atoms with Gasteiger partial charge in [0.05, 0.1) is 35.8 Å². The van der Waals surface area contributed by atoms with Gasteiger partial charge in [0.15, 0.2) is 0 Å². The Balaban J connectivity index is 1.60. The van der Waals surface area contributed by atoms with Gasteiger partial charge in [-0.05, 0) is 61.9 Å². The molecule has 0 atom stereocenters. The van der Waals surface area contributed by atoms with E-state index in [4.69, 9.17) is 16.3 Å². The molecule has 1 heterocycles. The van der Waals surface area contributed by atoms with Crippen LogP contribution in [0.5, 0.6) is 5.75 Å². The number of benzene rings is 2. The van der Waals surface area contributed by atoms with Gasteiger partial charge in [-0.15, -0.1) is 0 Å². The number of sulfonamides is 1. The van der Waals surface area contributed by atoms with Gasteiger partial charge in [0.1, 0.15) is 5.75 Å². The second-order valence-corrected chi connectivity index (χ2v) is 10.6. The van der Waals surface area contributed by atoms with Crippen LogP contribution in [0.3, 0.4) is 0 Å². The molecular formula is C24H31ClN4O5S. The molecule has 0 aliphatic carbocycles. The number of likely N-dealkylation sites (N-methyl/N-ethyl adjacent to an activating group) is 1. The number of methoxy groups -OCH3 is 1. The Hall–Kier alpha value is -2.66. The summed E-state index contributed by atoms with van der Waals surface area (Å²) in [5.41, 5.74) is 0.836. The molecule has 11 heteroatoms. The van der Waals surface area contributed by atoms with Crippen LogP contribution in [0.15, 0.2) is 47.4 Å². The molecule has 2 aromatic rings. The number of nitrogens with one attached hydrogen (secondary N) is 2. The average Bonchev–Trinajstić information content (AvgIpc) is 2.85. The van der Waals surface area contributed by atoms with E-state index in [0.717, 1.165) is 19.3 Å². The standard InChI is InChI=1S/C24H31ClN4O5S/c1-3-28(16-23(30)26-18-7-9-19(34-2)10-8-18)17-24(31)27-22-15-20(11-12-21(22)25)35(32,33)29-13-5-4-6-14-29/h7-12,15H,3-6,13-14,16-17H2,1-2H3,(H,26,30)(H,27,31). The highest BCUT2D eigenvalue weighted by Gasteiger charge is 2.26. The van der Waals surface area contributed by atoms with E-state index in [2.05, 4.69) is 10.6 Å². The molecule has 1 fully saturated rings. The molecule has 9 nitrogen and oxygen atoms in total. The number of rotatable bonds is 10. The minimum absolute atomic E-state index is 0.00700. The van der Waals surface area contributed by atoms with Crippen LogP contribution in [0, 0.1) is 0 Å². The van der Waals surface area contributed by atoms with E-state index < -0.39 is 15.9 Å². The molecule has 0 bridgehead atoms. The van der Waals surface area contributed by atoms with E-state index in [1.807, 2.05) is 6.92 Å². The van der Waals surface area contributed by atoms with Crippen molar-refractivity contribution in [2.45, 2.75) is 31.1 Å². The molecule has 3 rings (SSSR count). The zero-order valence-electron chi connectivity index (χ0n) is 19.9. The molecule has 1 aliphatic rings. The molecule has 0 unspecified atom stereocenters. The van der Waals surface area contributed by atoms with Gasteiger partial charge in [0, 0.05) is 18.8 Å². The van der Waals surface area contributed by atoms with Gasteiger partial charge < -0.3 is 15.4 Å². The van der Waals surface area contributed by atoms with Gasteiger partial charge in [-0.25, -0.2) is 8.42 Å². The molecule has 2 N–H and O–H groups in total. The van der Waals surface area contributed by atoms with Crippen LogP contribution in [0.4, 0.5) is 11.4 Å². The number of piperidine rings is 1. The number of amides is 2. The van der Waals surface area contributed by atoms with Crippen molar-refractivity contribution in [1.82, 2.24) is 9.21 Å². The lowest BCUT2D eigenvalue weighted by atomic mass is 10.2. The van der Waals surface area contributed by atoms with Crippen molar-refractivity contribution >= 4 is 44.8 Å². The number of carbonyl (C=O) groups is 2. The van der Waals surface area contributed by atoms with Crippen LogP contribution in [-0.4, -0.2) is 69.3 Å². The molecule has 0 spiro atoms. The van der Waals surface area contributed by atoms with Crippen LogP contribution < -0.4 is 15.4 Å². The van der Waals surface area contributed by atoms with Gasteiger partial charge in [-0.2, -0.15) is 4.31 Å². The molecule has 2 amide bonds. The number of nitrogens with zero attached hydrogens (tertiary/aromatic N) is 2. The second kappa shape index (κ2) is 12.3. The molecule has 190 valence electrons. The van der Waals surface area contributed by atoms with E-state index in [1.54, 1.807) is 36.3 Å². The average molecular weight is 523 g/mol. The summed E-state index contributed by atoms with van der Waals surface area (Å²) in [7, 11) is -2.10. The van der Waals surface area contributed by atoms with E-state index in [0.29, 0.717) is 31.1 Å². The van der Waals surface area contributed by atoms with Crippen molar-refractivity contribution in [3.8, 4) is 5.75 Å². The number of halogens is 1. The van der Waals surface area contributed by atoms with E-state index in [9.17, 15) is 18.0 Å². The van der Waals surface area contributed by atoms with Crippen LogP contribution in [-0.2, 0) is 19.6 Å². The first kappa shape index (κ1) is 26.9. The maximum atomic E-state index is 13.0. The molecule has 0 radical (unpaired) electrons. The fourth-order valence-corrected chi connectivity index (χ4v) is 5.47. The number of hydrogen-bond acceptors (Lipinski definition) is 6. The molecule has 0 saturated carbocycles. The molecule has 35 heavy (non-hydrogen) atoms. The topological polar surface area (TPSA) is 108 Å². The Kier molecular flexibility index (Phi) is 9.50. The van der Waals surface area contributed by atoms with Crippen molar-refractivity contribution in [1.29, 1.82) is 0 Å². The lowest BCUT2D eigenvalue weighted by Crippen LogP contribution is -2.38. The maximum absolute atomic E-state index is 13.0. The third-order valence-electron chi connectivity index (χ3n) is 5.72. The summed E-state index contributed by atoms with van der Waals surface area (Å²) < 4.78 is 32.5. The van der Waals surface area contributed by atoms with Crippen LogP contribution >= 0.6 is 11.6 Å². The van der Waals surface area contributed by atoms with E-state index >= 15 is 0 Å². The summed E-state index contributed by atoms with van der Waals surface area (Å²) >= 11 is 6.23. The quantitative estimate of drug-likeness (QED) is 0.495. The summed E-state index contributed by atoms with van der Waals surface area (Å²) in [6, 6.07) is 11.2. The van der Waals surface area contributed by atoms with Gasteiger partial charge >= 0.3 is 0 Å². The summed E-state index contributed by atoms with van der Waals surface area (Å²) in [4.78, 5) is 26.9. The van der Waals surface area contributed by atoms with Crippen molar-refractivity contribution in [2.75, 3.05) is 50.5 Å². The number of ether oxygens (including phenoxy) is 1. The Morgan fingerprint density at radius 2 is 1.63 bits per heavy atom. The van der Waals surface area contributed by atoms with Crippen molar-refractivity contribution in [2.24, 2.45) is 0 Å². The Bertz CT molecular complexity index is 1140. The molecule has 1 aliphatic heterocycles. The Morgan fingerprint density at radius 1 is 1.00 bits per heavy atom. The third kappa shape index (κ3) is 7.41. The van der Waals surface area contributed by atoms with Gasteiger partial charge in [0.25, 0.3) is 0 Å². The SMILES string of the molecule is CCN(CC(=O)Nc1ccc(OC)cc1)CC(=O)Nc1cc(S(=O)(=O)N2CCCCC2)ccc1Cl. The van der Waals surface area contributed by atoms with Gasteiger partial charge in [-0.3, -0.25) is 14.5 Å². The maximum Gasteiger partial charge on any atom is 0.243 e. The summed E-state index contributed by atoms with van der Waals surface area (Å²) in [5.74, 6) is 0.0114. The summed E-state index contributed by atoms with van der Waals surface area (Å²) in [6.45, 7) is 3.21. The first-order valence-electron chi connectivity index (χ1n) is 11.5. The number of carbonyl (C=O) groups excluding carboxylic acids is 2. The molecule has 2 aromatic carbocycles. The fourth-order valence-electron chi connectivity index (χ4n) is 3.77. The van der Waals surface area contributed by atoms with Crippen molar-refractivity contribution in [3.05, 3.63) is 47.5 Å². The Labute approximate surface area is 211 Å². The predicted molar refractivity (Wildman–Crippen MR) is 136 cm³/mol. The minimum atomic E-state index is -3.66. The van der Waals surface area contributed by atoms with Crippen LogP contribution in [0.25, 0.3) is 0 Å². The molecule has 1 saturated heterocycles. The first-order valence-corrected chi connectivity index (χ1v) is 13.3. The highest BCUT2D eigenvalue weighted by molar-refractivity contribution is 7.89. The number of anilines is 2.